The summed E-state index contributed by atoms with van der Waals surface area (Å²) < 4.78 is 0. The second-order valence-corrected chi connectivity index (χ2v) is 5.13. The Hall–Kier alpha value is -1.31. The SMILES string of the molecule is CCCc1ccccc1N=C(N)C(C)(C)C. The van der Waals surface area contributed by atoms with Crippen LogP contribution in [-0.2, 0) is 6.42 Å². The minimum Gasteiger partial charge on any atom is -0.387 e. The Kier molecular flexibility index (Phi) is 4.11. The zero-order valence-corrected chi connectivity index (χ0v) is 10.7. The third kappa shape index (κ3) is 3.37. The third-order valence-electron chi connectivity index (χ3n) is 2.52. The summed E-state index contributed by atoms with van der Waals surface area (Å²) in [6.07, 6.45) is 2.18. The van der Waals surface area contributed by atoms with Crippen molar-refractivity contribution in [3.8, 4) is 0 Å². The molecule has 1 aromatic rings. The molecule has 0 bridgehead atoms. The zero-order valence-electron chi connectivity index (χ0n) is 10.7. The van der Waals surface area contributed by atoms with Crippen LogP contribution in [-0.4, -0.2) is 5.84 Å². The molecule has 16 heavy (non-hydrogen) atoms. The molecule has 0 aliphatic rings. The van der Waals surface area contributed by atoms with E-state index >= 15 is 0 Å². The number of benzene rings is 1. The van der Waals surface area contributed by atoms with Gasteiger partial charge in [0.2, 0.25) is 0 Å². The van der Waals surface area contributed by atoms with Gasteiger partial charge in [-0.3, -0.25) is 0 Å². The molecule has 0 unspecified atom stereocenters. The minimum atomic E-state index is -0.0701. The second-order valence-electron chi connectivity index (χ2n) is 5.13. The number of para-hydroxylation sites is 1. The van der Waals surface area contributed by atoms with Crippen LogP contribution in [0.4, 0.5) is 5.69 Å². The number of hydrogen-bond donors (Lipinski definition) is 1. The molecule has 0 amide bonds. The van der Waals surface area contributed by atoms with E-state index in [1.807, 2.05) is 12.1 Å². The first-order valence-electron chi connectivity index (χ1n) is 5.87. The van der Waals surface area contributed by atoms with E-state index in [4.69, 9.17) is 5.73 Å². The van der Waals surface area contributed by atoms with E-state index in [9.17, 15) is 0 Å². The van der Waals surface area contributed by atoms with E-state index in [0.717, 1.165) is 18.5 Å². The molecule has 0 saturated heterocycles. The van der Waals surface area contributed by atoms with Crippen molar-refractivity contribution >= 4 is 11.5 Å². The van der Waals surface area contributed by atoms with Crippen molar-refractivity contribution < 1.29 is 0 Å². The van der Waals surface area contributed by atoms with E-state index in [-0.39, 0.29) is 5.41 Å². The van der Waals surface area contributed by atoms with Crippen molar-refractivity contribution in [1.82, 2.24) is 0 Å². The molecule has 0 atom stereocenters. The van der Waals surface area contributed by atoms with E-state index in [0.29, 0.717) is 5.84 Å². The van der Waals surface area contributed by atoms with Gasteiger partial charge in [0.05, 0.1) is 5.69 Å². The van der Waals surface area contributed by atoms with E-state index in [1.165, 1.54) is 5.56 Å². The van der Waals surface area contributed by atoms with Gasteiger partial charge in [0.1, 0.15) is 5.84 Å². The van der Waals surface area contributed by atoms with Gasteiger partial charge in [-0.2, -0.15) is 0 Å². The van der Waals surface area contributed by atoms with Crippen LogP contribution in [0.5, 0.6) is 0 Å². The van der Waals surface area contributed by atoms with Gasteiger partial charge in [0, 0.05) is 5.41 Å². The number of aliphatic imine (C=N–C) groups is 1. The van der Waals surface area contributed by atoms with Gasteiger partial charge < -0.3 is 5.73 Å². The van der Waals surface area contributed by atoms with Crippen LogP contribution in [0.3, 0.4) is 0 Å². The first kappa shape index (κ1) is 12.8. The Morgan fingerprint density at radius 2 is 1.88 bits per heavy atom. The van der Waals surface area contributed by atoms with Crippen LogP contribution >= 0.6 is 0 Å². The Bertz CT molecular complexity index is 373. The number of amidine groups is 1. The summed E-state index contributed by atoms with van der Waals surface area (Å²) in [5.74, 6) is 0.691. The topological polar surface area (TPSA) is 38.4 Å². The van der Waals surface area contributed by atoms with Gasteiger partial charge >= 0.3 is 0 Å². The lowest BCUT2D eigenvalue weighted by Crippen LogP contribution is -2.28. The fourth-order valence-corrected chi connectivity index (χ4v) is 1.40. The zero-order chi connectivity index (χ0) is 12.2. The fraction of sp³-hybridized carbons (Fsp3) is 0.500. The smallest absolute Gasteiger partial charge is 0.105 e. The molecule has 0 spiro atoms. The van der Waals surface area contributed by atoms with Gasteiger partial charge in [-0.15, -0.1) is 0 Å². The lowest BCUT2D eigenvalue weighted by Gasteiger charge is -2.17. The van der Waals surface area contributed by atoms with Crippen molar-refractivity contribution in [2.75, 3.05) is 0 Å². The molecule has 2 heteroatoms. The molecule has 2 N–H and O–H groups in total. The summed E-state index contributed by atoms with van der Waals surface area (Å²) in [5.41, 5.74) is 8.21. The normalized spacial score (nSPS) is 12.9. The van der Waals surface area contributed by atoms with Crippen LogP contribution in [0.1, 0.15) is 39.7 Å². The minimum absolute atomic E-state index is 0.0701. The third-order valence-corrected chi connectivity index (χ3v) is 2.52. The standard InChI is InChI=1S/C14H22N2/c1-5-8-11-9-6-7-10-12(11)16-13(15)14(2,3)4/h6-7,9-10H,5,8H2,1-4H3,(H2,15,16). The summed E-state index contributed by atoms with van der Waals surface area (Å²) in [7, 11) is 0. The lowest BCUT2D eigenvalue weighted by atomic mass is 9.95. The first-order chi connectivity index (χ1) is 7.45. The van der Waals surface area contributed by atoms with Crippen molar-refractivity contribution in [2.24, 2.45) is 16.1 Å². The van der Waals surface area contributed by atoms with Crippen molar-refractivity contribution in [1.29, 1.82) is 0 Å². The van der Waals surface area contributed by atoms with E-state index < -0.39 is 0 Å². The molecule has 1 rings (SSSR count). The number of nitrogens with zero attached hydrogens (tertiary/aromatic N) is 1. The van der Waals surface area contributed by atoms with Gasteiger partial charge in [-0.25, -0.2) is 4.99 Å². The maximum Gasteiger partial charge on any atom is 0.105 e. The van der Waals surface area contributed by atoms with Gasteiger partial charge in [-0.1, -0.05) is 52.3 Å². The molecule has 0 saturated carbocycles. The highest BCUT2D eigenvalue weighted by atomic mass is 14.9. The van der Waals surface area contributed by atoms with Crippen LogP contribution in [0.15, 0.2) is 29.3 Å². The molecule has 0 heterocycles. The molecule has 1 aromatic carbocycles. The maximum atomic E-state index is 6.00. The summed E-state index contributed by atoms with van der Waals surface area (Å²) >= 11 is 0. The van der Waals surface area contributed by atoms with Crippen molar-refractivity contribution in [2.45, 2.75) is 40.5 Å². The average Bonchev–Trinajstić information content (AvgIpc) is 2.20. The van der Waals surface area contributed by atoms with Crippen LogP contribution < -0.4 is 5.73 Å². The Balaban J connectivity index is 3.05. The predicted octanol–water partition coefficient (Wildman–Crippen LogP) is 3.67. The average molecular weight is 218 g/mol. The second kappa shape index (κ2) is 5.15. The molecular formula is C14H22N2. The van der Waals surface area contributed by atoms with Gasteiger partial charge in [0.15, 0.2) is 0 Å². The number of aryl methyl sites for hydroxylation is 1. The molecule has 88 valence electrons. The van der Waals surface area contributed by atoms with Crippen molar-refractivity contribution in [3.05, 3.63) is 29.8 Å². The Morgan fingerprint density at radius 1 is 1.25 bits per heavy atom. The summed E-state index contributed by atoms with van der Waals surface area (Å²) in [6, 6.07) is 8.22. The van der Waals surface area contributed by atoms with E-state index in [2.05, 4.69) is 44.8 Å². The van der Waals surface area contributed by atoms with Crippen LogP contribution in [0, 0.1) is 5.41 Å². The molecule has 2 nitrogen and oxygen atoms in total. The van der Waals surface area contributed by atoms with Crippen LogP contribution in [0.25, 0.3) is 0 Å². The number of hydrogen-bond acceptors (Lipinski definition) is 1. The highest BCUT2D eigenvalue weighted by Gasteiger charge is 2.15. The molecule has 0 radical (unpaired) electrons. The lowest BCUT2D eigenvalue weighted by molar-refractivity contribution is 0.585. The number of rotatable bonds is 3. The van der Waals surface area contributed by atoms with Crippen LogP contribution in [0.2, 0.25) is 0 Å². The summed E-state index contributed by atoms with van der Waals surface area (Å²) in [4.78, 5) is 4.54. The monoisotopic (exact) mass is 218 g/mol. The van der Waals surface area contributed by atoms with Gasteiger partial charge in [-0.05, 0) is 18.1 Å². The molecular weight excluding hydrogens is 196 g/mol. The Labute approximate surface area is 98.6 Å². The maximum absolute atomic E-state index is 6.00. The first-order valence-corrected chi connectivity index (χ1v) is 5.87. The Morgan fingerprint density at radius 3 is 2.44 bits per heavy atom. The highest BCUT2D eigenvalue weighted by Crippen LogP contribution is 2.23. The summed E-state index contributed by atoms with van der Waals surface area (Å²) in [6.45, 7) is 8.41. The summed E-state index contributed by atoms with van der Waals surface area (Å²) in [5, 5.41) is 0. The largest absolute Gasteiger partial charge is 0.387 e. The molecule has 0 fully saturated rings. The quantitative estimate of drug-likeness (QED) is 0.610. The fourth-order valence-electron chi connectivity index (χ4n) is 1.40. The van der Waals surface area contributed by atoms with Gasteiger partial charge in [0.25, 0.3) is 0 Å². The van der Waals surface area contributed by atoms with E-state index in [1.54, 1.807) is 0 Å². The van der Waals surface area contributed by atoms with Crippen molar-refractivity contribution in [3.63, 3.8) is 0 Å². The molecule has 0 aromatic heterocycles. The number of nitrogens with two attached hydrogens (primary N) is 1. The predicted molar refractivity (Wildman–Crippen MR) is 71.2 cm³/mol. The molecule has 0 aliphatic carbocycles. The highest BCUT2D eigenvalue weighted by molar-refractivity contribution is 5.88. The molecule has 0 aliphatic heterocycles.